The third-order valence-electron chi connectivity index (χ3n) is 2.30. The fourth-order valence-corrected chi connectivity index (χ4v) is 1.77. The van der Waals surface area contributed by atoms with Gasteiger partial charge in [-0.2, -0.15) is 0 Å². The van der Waals surface area contributed by atoms with Crippen LogP contribution in [0.4, 0.5) is 0 Å². The SMILES string of the molecule is CC(C)(C)C=C(CC(C)(C)C)C(=O)C(C)(C)C. The molecule has 1 nitrogen and oxygen atoms in total. The highest BCUT2D eigenvalue weighted by molar-refractivity contribution is 5.99. The van der Waals surface area contributed by atoms with E-state index in [1.54, 1.807) is 0 Å². The zero-order valence-corrected chi connectivity index (χ0v) is 13.2. The molecule has 0 fully saturated rings. The van der Waals surface area contributed by atoms with Crippen LogP contribution in [0.2, 0.25) is 0 Å². The van der Waals surface area contributed by atoms with Gasteiger partial charge < -0.3 is 0 Å². The van der Waals surface area contributed by atoms with Gasteiger partial charge in [-0.3, -0.25) is 4.79 Å². The molecule has 0 unspecified atom stereocenters. The maximum absolute atomic E-state index is 12.5. The topological polar surface area (TPSA) is 17.1 Å². The van der Waals surface area contributed by atoms with Gasteiger partial charge in [0.15, 0.2) is 5.78 Å². The molecule has 0 rings (SSSR count). The number of hydrogen-bond donors (Lipinski definition) is 0. The minimum absolute atomic E-state index is 0.0570. The first-order valence-electron chi connectivity index (χ1n) is 6.49. The standard InChI is InChI=1S/C16H30O/c1-14(2,3)10-12(11-15(4,5)6)13(17)16(7,8)9/h10H,11H2,1-9H3. The molecule has 0 aromatic heterocycles. The predicted molar refractivity (Wildman–Crippen MR) is 76.1 cm³/mol. The molecule has 0 heterocycles. The van der Waals surface area contributed by atoms with Crippen LogP contribution in [0.25, 0.3) is 0 Å². The number of carbonyl (C=O) groups excluding carboxylic acids is 1. The maximum atomic E-state index is 12.5. The summed E-state index contributed by atoms with van der Waals surface area (Å²) in [6.07, 6.45) is 2.99. The van der Waals surface area contributed by atoms with Gasteiger partial charge in [0.2, 0.25) is 0 Å². The Hall–Kier alpha value is -0.590. The molecule has 0 saturated carbocycles. The first kappa shape index (κ1) is 16.4. The van der Waals surface area contributed by atoms with E-state index in [9.17, 15) is 4.79 Å². The quantitative estimate of drug-likeness (QED) is 0.618. The number of allylic oxidation sites excluding steroid dienone is 2. The number of carbonyl (C=O) groups is 1. The first-order chi connectivity index (χ1) is 7.22. The molecule has 0 aromatic rings. The number of rotatable bonds is 2. The Morgan fingerprint density at radius 2 is 1.29 bits per heavy atom. The van der Waals surface area contributed by atoms with Crippen molar-refractivity contribution < 1.29 is 4.79 Å². The molecule has 0 aliphatic carbocycles. The van der Waals surface area contributed by atoms with Crippen molar-refractivity contribution in [1.29, 1.82) is 0 Å². The van der Waals surface area contributed by atoms with Gasteiger partial charge in [0.25, 0.3) is 0 Å². The van der Waals surface area contributed by atoms with Gasteiger partial charge in [-0.05, 0) is 22.8 Å². The van der Waals surface area contributed by atoms with Gasteiger partial charge in [0.1, 0.15) is 0 Å². The lowest BCUT2D eigenvalue weighted by Gasteiger charge is -2.27. The van der Waals surface area contributed by atoms with Gasteiger partial charge in [-0.25, -0.2) is 0 Å². The van der Waals surface area contributed by atoms with Gasteiger partial charge in [0, 0.05) is 5.41 Å². The van der Waals surface area contributed by atoms with E-state index in [-0.39, 0.29) is 22.0 Å². The number of ketones is 1. The van der Waals surface area contributed by atoms with Crippen molar-refractivity contribution >= 4 is 5.78 Å². The molecular weight excluding hydrogens is 208 g/mol. The second-order valence-electron chi connectivity index (χ2n) is 8.35. The zero-order valence-electron chi connectivity index (χ0n) is 13.2. The third-order valence-corrected chi connectivity index (χ3v) is 2.30. The summed E-state index contributed by atoms with van der Waals surface area (Å²) in [6, 6.07) is 0. The predicted octanol–water partition coefficient (Wildman–Crippen LogP) is 5.01. The second-order valence-corrected chi connectivity index (χ2v) is 8.35. The van der Waals surface area contributed by atoms with E-state index in [2.05, 4.69) is 47.6 Å². The fourth-order valence-electron chi connectivity index (χ4n) is 1.77. The molecule has 100 valence electrons. The van der Waals surface area contributed by atoms with Crippen molar-refractivity contribution in [2.24, 2.45) is 16.2 Å². The van der Waals surface area contributed by atoms with E-state index in [0.717, 1.165) is 12.0 Å². The third kappa shape index (κ3) is 7.36. The Kier molecular flexibility index (Phi) is 4.78. The molecule has 0 radical (unpaired) electrons. The molecule has 0 saturated heterocycles. The Labute approximate surface area is 108 Å². The lowest BCUT2D eigenvalue weighted by atomic mass is 9.77. The van der Waals surface area contributed by atoms with Crippen LogP contribution < -0.4 is 0 Å². The molecule has 17 heavy (non-hydrogen) atoms. The van der Waals surface area contributed by atoms with E-state index in [1.165, 1.54) is 0 Å². The molecule has 0 atom stereocenters. The summed E-state index contributed by atoms with van der Waals surface area (Å²) in [7, 11) is 0. The van der Waals surface area contributed by atoms with E-state index < -0.39 is 0 Å². The second kappa shape index (κ2) is 4.96. The molecule has 1 heteroatoms. The molecule has 0 N–H and O–H groups in total. The van der Waals surface area contributed by atoms with Crippen LogP contribution >= 0.6 is 0 Å². The Balaban J connectivity index is 5.29. The van der Waals surface area contributed by atoms with Crippen LogP contribution in [-0.2, 0) is 4.79 Å². The lowest BCUT2D eigenvalue weighted by Crippen LogP contribution is -2.25. The first-order valence-corrected chi connectivity index (χ1v) is 6.49. The summed E-state index contributed by atoms with van der Waals surface area (Å²) in [4.78, 5) is 12.5. The van der Waals surface area contributed by atoms with Crippen LogP contribution in [0, 0.1) is 16.2 Å². The zero-order chi connectivity index (χ0) is 14.1. The molecule has 0 bridgehead atoms. The molecule has 0 aromatic carbocycles. The highest BCUT2D eigenvalue weighted by atomic mass is 16.1. The lowest BCUT2D eigenvalue weighted by molar-refractivity contribution is -0.122. The van der Waals surface area contributed by atoms with Crippen LogP contribution in [0.1, 0.15) is 68.7 Å². The average Bonchev–Trinajstić information content (AvgIpc) is 1.94. The van der Waals surface area contributed by atoms with Crippen molar-refractivity contribution in [1.82, 2.24) is 0 Å². The van der Waals surface area contributed by atoms with Crippen LogP contribution in [0.5, 0.6) is 0 Å². The van der Waals surface area contributed by atoms with E-state index in [1.807, 2.05) is 20.8 Å². The molecule has 0 spiro atoms. The summed E-state index contributed by atoms with van der Waals surface area (Å²) in [5.74, 6) is 0.280. The summed E-state index contributed by atoms with van der Waals surface area (Å²) in [5, 5.41) is 0. The smallest absolute Gasteiger partial charge is 0.163 e. The highest BCUT2D eigenvalue weighted by Gasteiger charge is 2.28. The number of Topliss-reactive ketones (excluding diaryl/α,β-unsaturated/α-hetero) is 1. The fraction of sp³-hybridized carbons (Fsp3) is 0.812. The van der Waals surface area contributed by atoms with Gasteiger partial charge >= 0.3 is 0 Å². The minimum atomic E-state index is -0.289. The van der Waals surface area contributed by atoms with Crippen LogP contribution in [-0.4, -0.2) is 5.78 Å². The number of hydrogen-bond acceptors (Lipinski definition) is 1. The monoisotopic (exact) mass is 238 g/mol. The van der Waals surface area contributed by atoms with Crippen molar-refractivity contribution in [2.75, 3.05) is 0 Å². The summed E-state index contributed by atoms with van der Waals surface area (Å²) < 4.78 is 0. The minimum Gasteiger partial charge on any atom is -0.294 e. The Morgan fingerprint density at radius 3 is 1.53 bits per heavy atom. The van der Waals surface area contributed by atoms with Crippen molar-refractivity contribution in [3.63, 3.8) is 0 Å². The van der Waals surface area contributed by atoms with E-state index in [4.69, 9.17) is 0 Å². The molecule has 0 aliphatic rings. The largest absolute Gasteiger partial charge is 0.294 e. The Morgan fingerprint density at radius 1 is 0.882 bits per heavy atom. The van der Waals surface area contributed by atoms with Gasteiger partial charge in [-0.1, -0.05) is 68.4 Å². The van der Waals surface area contributed by atoms with Crippen molar-refractivity contribution in [3.05, 3.63) is 11.6 Å². The normalized spacial score (nSPS) is 15.0. The summed E-state index contributed by atoms with van der Waals surface area (Å²) >= 11 is 0. The van der Waals surface area contributed by atoms with Crippen LogP contribution in [0.15, 0.2) is 11.6 Å². The van der Waals surface area contributed by atoms with E-state index in [0.29, 0.717) is 0 Å². The molecule has 0 amide bonds. The van der Waals surface area contributed by atoms with Crippen molar-refractivity contribution in [2.45, 2.75) is 68.7 Å². The maximum Gasteiger partial charge on any atom is 0.163 e. The average molecular weight is 238 g/mol. The summed E-state index contributed by atoms with van der Waals surface area (Å²) in [5.41, 5.74) is 0.902. The molecular formula is C16H30O. The summed E-state index contributed by atoms with van der Waals surface area (Å²) in [6.45, 7) is 19.0. The van der Waals surface area contributed by atoms with Gasteiger partial charge in [-0.15, -0.1) is 0 Å². The highest BCUT2D eigenvalue weighted by Crippen LogP contribution is 2.32. The Bertz CT molecular complexity index is 300. The van der Waals surface area contributed by atoms with E-state index >= 15 is 0 Å². The van der Waals surface area contributed by atoms with Crippen molar-refractivity contribution in [3.8, 4) is 0 Å². The molecule has 0 aliphatic heterocycles. The van der Waals surface area contributed by atoms with Gasteiger partial charge in [0.05, 0.1) is 0 Å². The van der Waals surface area contributed by atoms with Crippen LogP contribution in [0.3, 0.4) is 0 Å².